The molecule has 0 bridgehead atoms. The van der Waals surface area contributed by atoms with Gasteiger partial charge in [-0.15, -0.1) is 0 Å². The van der Waals surface area contributed by atoms with E-state index in [-0.39, 0.29) is 0 Å². The molecule has 74 valence electrons. The van der Waals surface area contributed by atoms with E-state index >= 15 is 0 Å². The minimum Gasteiger partial charge on any atom is -0.302 e. The van der Waals surface area contributed by atoms with Gasteiger partial charge in [0, 0.05) is 6.04 Å². The van der Waals surface area contributed by atoms with Crippen LogP contribution in [0.25, 0.3) is 0 Å². The summed E-state index contributed by atoms with van der Waals surface area (Å²) in [5, 5.41) is 0. The molecular formula is C12H15NO. The zero-order chi connectivity index (χ0) is 9.97. The Kier molecular flexibility index (Phi) is 2.64. The highest BCUT2D eigenvalue weighted by atomic mass is 16.1. The van der Waals surface area contributed by atoms with Crippen molar-refractivity contribution in [3.05, 3.63) is 35.4 Å². The van der Waals surface area contributed by atoms with Gasteiger partial charge in [0.05, 0.1) is 6.54 Å². The second-order valence-corrected chi connectivity index (χ2v) is 3.94. The summed E-state index contributed by atoms with van der Waals surface area (Å²) >= 11 is 0. The van der Waals surface area contributed by atoms with Gasteiger partial charge in [0.1, 0.15) is 6.29 Å². The van der Waals surface area contributed by atoms with Crippen LogP contribution in [0.1, 0.15) is 11.1 Å². The molecule has 0 saturated heterocycles. The van der Waals surface area contributed by atoms with Crippen molar-refractivity contribution >= 4 is 6.29 Å². The second-order valence-electron chi connectivity index (χ2n) is 3.94. The highest BCUT2D eigenvalue weighted by Gasteiger charge is 2.23. The van der Waals surface area contributed by atoms with Gasteiger partial charge >= 0.3 is 0 Å². The molecule has 0 fully saturated rings. The Morgan fingerprint density at radius 1 is 1.36 bits per heavy atom. The lowest BCUT2D eigenvalue weighted by Gasteiger charge is -2.20. The van der Waals surface area contributed by atoms with Crippen molar-refractivity contribution in [3.8, 4) is 0 Å². The largest absolute Gasteiger partial charge is 0.302 e. The SMILES string of the molecule is CN(CC=O)C1Cc2ccccc2C1. The predicted octanol–water partition coefficient (Wildman–Crippen LogP) is 1.28. The molecule has 2 heteroatoms. The van der Waals surface area contributed by atoms with Gasteiger partial charge in [-0.2, -0.15) is 0 Å². The van der Waals surface area contributed by atoms with Gasteiger partial charge in [-0.1, -0.05) is 24.3 Å². The van der Waals surface area contributed by atoms with E-state index in [9.17, 15) is 4.79 Å². The maximum absolute atomic E-state index is 10.4. The summed E-state index contributed by atoms with van der Waals surface area (Å²) in [6.45, 7) is 0.540. The molecule has 0 radical (unpaired) electrons. The number of nitrogens with zero attached hydrogens (tertiary/aromatic N) is 1. The molecule has 2 rings (SSSR count). The molecule has 0 amide bonds. The Hall–Kier alpha value is -1.15. The van der Waals surface area contributed by atoms with E-state index in [1.165, 1.54) is 11.1 Å². The van der Waals surface area contributed by atoms with Gasteiger partial charge < -0.3 is 4.79 Å². The Labute approximate surface area is 84.5 Å². The molecule has 1 aliphatic rings. The van der Waals surface area contributed by atoms with E-state index in [0.717, 1.165) is 19.1 Å². The average molecular weight is 189 g/mol. The van der Waals surface area contributed by atoms with Gasteiger partial charge in [0.15, 0.2) is 0 Å². The van der Waals surface area contributed by atoms with Crippen LogP contribution >= 0.6 is 0 Å². The second kappa shape index (κ2) is 3.93. The zero-order valence-corrected chi connectivity index (χ0v) is 8.44. The molecule has 1 aromatic carbocycles. The fraction of sp³-hybridized carbons (Fsp3) is 0.417. The van der Waals surface area contributed by atoms with E-state index in [0.29, 0.717) is 12.6 Å². The summed E-state index contributed by atoms with van der Waals surface area (Å²) < 4.78 is 0. The third-order valence-corrected chi connectivity index (χ3v) is 3.02. The molecule has 0 spiro atoms. The van der Waals surface area contributed by atoms with Crippen LogP contribution in [-0.2, 0) is 17.6 Å². The van der Waals surface area contributed by atoms with Crippen molar-refractivity contribution in [2.45, 2.75) is 18.9 Å². The molecule has 1 aliphatic carbocycles. The molecule has 1 aromatic rings. The number of benzene rings is 1. The number of hydrogen-bond donors (Lipinski definition) is 0. The van der Waals surface area contributed by atoms with E-state index in [4.69, 9.17) is 0 Å². The highest BCUT2D eigenvalue weighted by molar-refractivity contribution is 5.52. The lowest BCUT2D eigenvalue weighted by atomic mass is 10.1. The summed E-state index contributed by atoms with van der Waals surface area (Å²) in [5.41, 5.74) is 2.88. The first-order valence-electron chi connectivity index (χ1n) is 5.02. The molecule has 0 saturated carbocycles. The van der Waals surface area contributed by atoms with Crippen LogP contribution in [0.5, 0.6) is 0 Å². The first-order chi connectivity index (χ1) is 6.81. The first kappa shape index (κ1) is 9.41. The minimum atomic E-state index is 0.512. The number of hydrogen-bond acceptors (Lipinski definition) is 2. The van der Waals surface area contributed by atoms with Crippen LogP contribution in [0.15, 0.2) is 24.3 Å². The lowest BCUT2D eigenvalue weighted by molar-refractivity contribution is -0.109. The van der Waals surface area contributed by atoms with Crippen LogP contribution in [0.4, 0.5) is 0 Å². The van der Waals surface area contributed by atoms with Gasteiger partial charge in [-0.25, -0.2) is 0 Å². The van der Waals surface area contributed by atoms with Crippen molar-refractivity contribution < 1.29 is 4.79 Å². The monoisotopic (exact) mass is 189 g/mol. The fourth-order valence-electron chi connectivity index (χ4n) is 2.11. The summed E-state index contributed by atoms with van der Waals surface area (Å²) in [6.07, 6.45) is 3.14. The Morgan fingerprint density at radius 3 is 2.43 bits per heavy atom. The van der Waals surface area contributed by atoms with Crippen LogP contribution in [0, 0.1) is 0 Å². The summed E-state index contributed by atoms with van der Waals surface area (Å²) in [6, 6.07) is 9.05. The van der Waals surface area contributed by atoms with Crippen molar-refractivity contribution in [1.29, 1.82) is 0 Å². The normalized spacial score (nSPS) is 15.9. The number of likely N-dealkylation sites (N-methyl/N-ethyl adjacent to an activating group) is 1. The van der Waals surface area contributed by atoms with Crippen molar-refractivity contribution in [2.24, 2.45) is 0 Å². The quantitative estimate of drug-likeness (QED) is 0.668. The summed E-state index contributed by atoms with van der Waals surface area (Å²) in [4.78, 5) is 12.5. The maximum atomic E-state index is 10.4. The topological polar surface area (TPSA) is 20.3 Å². The number of rotatable bonds is 3. The smallest absolute Gasteiger partial charge is 0.133 e. The molecular weight excluding hydrogens is 174 g/mol. The lowest BCUT2D eigenvalue weighted by Crippen LogP contribution is -2.33. The third-order valence-electron chi connectivity index (χ3n) is 3.02. The van der Waals surface area contributed by atoms with E-state index in [1.807, 2.05) is 7.05 Å². The predicted molar refractivity (Wildman–Crippen MR) is 56.3 cm³/mol. The fourth-order valence-corrected chi connectivity index (χ4v) is 2.11. The standard InChI is InChI=1S/C12H15NO/c1-13(6-7-14)12-8-10-4-2-3-5-11(10)9-12/h2-5,7,12H,6,8-9H2,1H3. The van der Waals surface area contributed by atoms with Crippen LogP contribution in [-0.4, -0.2) is 30.8 Å². The van der Waals surface area contributed by atoms with Crippen molar-refractivity contribution in [1.82, 2.24) is 4.90 Å². The maximum Gasteiger partial charge on any atom is 0.133 e. The van der Waals surface area contributed by atoms with Gasteiger partial charge in [-0.05, 0) is 31.0 Å². The minimum absolute atomic E-state index is 0.512. The van der Waals surface area contributed by atoms with Crippen molar-refractivity contribution in [3.63, 3.8) is 0 Å². The van der Waals surface area contributed by atoms with Crippen LogP contribution in [0.2, 0.25) is 0 Å². The molecule has 0 N–H and O–H groups in total. The molecule has 0 aliphatic heterocycles. The molecule has 0 atom stereocenters. The van der Waals surface area contributed by atoms with Crippen LogP contribution in [0.3, 0.4) is 0 Å². The first-order valence-corrected chi connectivity index (χ1v) is 5.02. The van der Waals surface area contributed by atoms with E-state index in [1.54, 1.807) is 0 Å². The van der Waals surface area contributed by atoms with Crippen LogP contribution < -0.4 is 0 Å². The van der Waals surface area contributed by atoms with E-state index in [2.05, 4.69) is 29.2 Å². The van der Waals surface area contributed by atoms with E-state index < -0.39 is 0 Å². The molecule has 0 aromatic heterocycles. The number of fused-ring (bicyclic) bond motifs is 1. The molecule has 2 nitrogen and oxygen atoms in total. The highest BCUT2D eigenvalue weighted by Crippen LogP contribution is 2.24. The number of aldehydes is 1. The zero-order valence-electron chi connectivity index (χ0n) is 8.44. The van der Waals surface area contributed by atoms with Crippen molar-refractivity contribution in [2.75, 3.05) is 13.6 Å². The Bertz CT molecular complexity index is 310. The number of carbonyl (C=O) groups excluding carboxylic acids is 1. The number of carbonyl (C=O) groups is 1. The third kappa shape index (κ3) is 1.70. The molecule has 14 heavy (non-hydrogen) atoms. The van der Waals surface area contributed by atoms with Gasteiger partial charge in [0.25, 0.3) is 0 Å². The Morgan fingerprint density at radius 2 is 1.93 bits per heavy atom. The van der Waals surface area contributed by atoms with Gasteiger partial charge in [0.2, 0.25) is 0 Å². The summed E-state index contributed by atoms with van der Waals surface area (Å²) in [7, 11) is 2.02. The Balaban J connectivity index is 2.07. The average Bonchev–Trinajstić information content (AvgIpc) is 2.61. The summed E-state index contributed by atoms with van der Waals surface area (Å²) in [5.74, 6) is 0. The molecule has 0 heterocycles. The van der Waals surface area contributed by atoms with Gasteiger partial charge in [-0.3, -0.25) is 4.90 Å². The molecule has 0 unspecified atom stereocenters.